The number of hydrogen-bond donors (Lipinski definition) is 0. The fraction of sp³-hybridized carbons (Fsp3) is 0.778. The number of allylic oxidation sites excluding steroid dienone is 1. The Morgan fingerprint density at radius 2 is 1.69 bits per heavy atom. The zero-order chi connectivity index (χ0) is 8.91. The van der Waals surface area contributed by atoms with Crippen LogP contribution in [0.15, 0.2) is 6.79 Å². The molecular formula is C9H21CeCl2Si. The third-order valence-electron chi connectivity index (χ3n) is 1.71. The molecule has 0 aromatic heterocycles. The molecule has 0 aromatic rings. The van der Waals surface area contributed by atoms with Crippen LogP contribution in [0.1, 0.15) is 26.2 Å². The van der Waals surface area contributed by atoms with Crippen molar-refractivity contribution in [2.24, 2.45) is 0 Å². The van der Waals surface area contributed by atoms with Crippen molar-refractivity contribution in [2.45, 2.75) is 45.8 Å². The van der Waals surface area contributed by atoms with Crippen LogP contribution in [0.5, 0.6) is 0 Å². The first-order chi connectivity index (χ1) is 4.98. The predicted molar refractivity (Wildman–Crippen MR) is 65.5 cm³/mol. The summed E-state index contributed by atoms with van der Waals surface area (Å²) in [6, 6.07) is 0. The monoisotopic (exact) mass is 367 g/mol. The van der Waals surface area contributed by atoms with Gasteiger partial charge in [0.15, 0.2) is 0 Å². The van der Waals surface area contributed by atoms with Crippen molar-refractivity contribution < 1.29 is 39.6 Å². The maximum Gasteiger partial charge on any atom is -0.147 e. The summed E-state index contributed by atoms with van der Waals surface area (Å²) in [6.07, 6.45) is 6.52. The van der Waals surface area contributed by atoms with Crippen molar-refractivity contribution in [3.8, 4) is 0 Å². The van der Waals surface area contributed by atoms with E-state index in [4.69, 9.17) is 0 Å². The van der Waals surface area contributed by atoms with E-state index in [1.807, 2.05) is 0 Å². The van der Waals surface area contributed by atoms with Gasteiger partial charge in [-0.1, -0.05) is 0 Å². The van der Waals surface area contributed by atoms with E-state index in [-0.39, 0.29) is 24.8 Å². The second-order valence-corrected chi connectivity index (χ2v) is 12.3. The largest absolute Gasteiger partial charge is 0.147 e. The van der Waals surface area contributed by atoms with E-state index in [0.29, 0.717) is 0 Å². The molecule has 0 aromatic carbocycles. The van der Waals surface area contributed by atoms with Crippen LogP contribution in [0, 0.1) is 39.6 Å². The van der Waals surface area contributed by atoms with Gasteiger partial charge < -0.3 is 0 Å². The average Bonchev–Trinajstić information content (AvgIpc) is 1.86. The molecule has 0 atom stereocenters. The van der Waals surface area contributed by atoms with Crippen molar-refractivity contribution in [3.05, 3.63) is 6.79 Å². The van der Waals surface area contributed by atoms with Crippen molar-refractivity contribution in [2.75, 3.05) is 0 Å². The van der Waals surface area contributed by atoms with Crippen molar-refractivity contribution in [1.29, 1.82) is 0 Å². The molecular weight excluding hydrogens is 347 g/mol. The van der Waals surface area contributed by atoms with Crippen LogP contribution in [0.3, 0.4) is 0 Å². The SMILES string of the molecule is CCCCC=[C]([Ce])[Si](C)(C)C.Cl.Cl. The molecule has 13 heavy (non-hydrogen) atoms. The second-order valence-electron chi connectivity index (χ2n) is 4.01. The molecule has 0 aliphatic rings. The molecule has 0 rings (SSSR count). The molecule has 0 fully saturated rings. The summed E-state index contributed by atoms with van der Waals surface area (Å²) in [5.74, 6) is 0. The van der Waals surface area contributed by atoms with Crippen LogP contribution in [0.4, 0.5) is 0 Å². The Bertz CT molecular complexity index is 141. The van der Waals surface area contributed by atoms with Gasteiger partial charge >= 0.3 is 100 Å². The Kier molecular flexibility index (Phi) is 16.3. The second kappa shape index (κ2) is 10.4. The van der Waals surface area contributed by atoms with E-state index in [1.165, 1.54) is 58.9 Å². The maximum absolute atomic E-state index is 2.50. The minimum Gasteiger partial charge on any atom is -0.147 e. The summed E-state index contributed by atoms with van der Waals surface area (Å²) in [6.45, 7) is 9.59. The number of hydrogen-bond acceptors (Lipinski definition) is 0. The van der Waals surface area contributed by atoms with Crippen molar-refractivity contribution in [1.82, 2.24) is 0 Å². The van der Waals surface area contributed by atoms with Gasteiger partial charge in [-0.3, -0.25) is 0 Å². The molecule has 0 saturated carbocycles. The van der Waals surface area contributed by atoms with Crippen LogP contribution >= 0.6 is 24.8 Å². The van der Waals surface area contributed by atoms with E-state index in [1.54, 1.807) is 0.714 Å². The normalized spacial score (nSPS) is 11.5. The summed E-state index contributed by atoms with van der Waals surface area (Å²) < 4.78 is 1.80. The first kappa shape index (κ1) is 20.3. The summed E-state index contributed by atoms with van der Waals surface area (Å²) in [5.41, 5.74) is 0. The number of rotatable bonds is 4. The average molecular weight is 368 g/mol. The third kappa shape index (κ3) is 11.8. The van der Waals surface area contributed by atoms with E-state index in [9.17, 15) is 0 Å². The quantitative estimate of drug-likeness (QED) is 0.512. The smallest absolute Gasteiger partial charge is 0.147 e. The van der Waals surface area contributed by atoms with Crippen molar-refractivity contribution in [3.63, 3.8) is 0 Å². The topological polar surface area (TPSA) is 0 Å². The molecule has 0 bridgehead atoms. The fourth-order valence-electron chi connectivity index (χ4n) is 0.757. The van der Waals surface area contributed by atoms with E-state index in [2.05, 4.69) is 32.6 Å². The Balaban J connectivity index is -0.000000500. The molecule has 0 nitrogen and oxygen atoms in total. The fourth-order valence-corrected chi connectivity index (χ4v) is 1.97. The Morgan fingerprint density at radius 3 is 2.00 bits per heavy atom. The molecule has 0 heterocycles. The molecule has 0 saturated heterocycles. The van der Waals surface area contributed by atoms with Crippen LogP contribution in [0.25, 0.3) is 0 Å². The Morgan fingerprint density at radius 1 is 1.23 bits per heavy atom. The maximum atomic E-state index is 2.50. The summed E-state index contributed by atoms with van der Waals surface area (Å²) in [5, 5.41) is 0. The van der Waals surface area contributed by atoms with Gasteiger partial charge in [0.1, 0.15) is 0 Å². The molecule has 0 aliphatic heterocycles. The summed E-state index contributed by atoms with van der Waals surface area (Å²) in [7, 11) is -0.888. The van der Waals surface area contributed by atoms with Gasteiger partial charge in [-0.05, 0) is 0 Å². The van der Waals surface area contributed by atoms with Gasteiger partial charge in [-0.2, -0.15) is 0 Å². The number of unbranched alkanes of at least 4 members (excludes halogenated alkanes) is 2. The molecule has 0 unspecified atom stereocenters. The Hall–Kier alpha value is 1.91. The van der Waals surface area contributed by atoms with Crippen LogP contribution < -0.4 is 0 Å². The van der Waals surface area contributed by atoms with Gasteiger partial charge in [-0.25, -0.2) is 0 Å². The van der Waals surface area contributed by atoms with Gasteiger partial charge in [0.2, 0.25) is 0 Å². The molecule has 0 amide bonds. The summed E-state index contributed by atoms with van der Waals surface area (Å²) in [4.78, 5) is 0. The minimum atomic E-state index is -0.888. The van der Waals surface area contributed by atoms with Crippen LogP contribution in [-0.2, 0) is 0 Å². The summed E-state index contributed by atoms with van der Waals surface area (Å²) >= 11 is 1.29. The van der Waals surface area contributed by atoms with E-state index in [0.717, 1.165) is 0 Å². The van der Waals surface area contributed by atoms with E-state index < -0.39 is 8.07 Å². The van der Waals surface area contributed by atoms with Gasteiger partial charge in [-0.15, -0.1) is 24.8 Å². The zero-order valence-corrected chi connectivity index (χ0v) is 14.8. The van der Waals surface area contributed by atoms with Gasteiger partial charge in [0.25, 0.3) is 0 Å². The zero-order valence-electron chi connectivity index (χ0n) is 9.02. The van der Waals surface area contributed by atoms with Crippen LogP contribution in [-0.4, -0.2) is 8.07 Å². The van der Waals surface area contributed by atoms with Gasteiger partial charge in [0.05, 0.1) is 0 Å². The van der Waals surface area contributed by atoms with Gasteiger partial charge in [0, 0.05) is 0 Å². The van der Waals surface area contributed by atoms with E-state index >= 15 is 0 Å². The third-order valence-corrected chi connectivity index (χ3v) is 11.2. The minimum absolute atomic E-state index is 0. The Labute approximate surface area is 123 Å². The van der Waals surface area contributed by atoms with Crippen LogP contribution in [0.2, 0.25) is 19.6 Å². The first-order valence-corrected chi connectivity index (χ1v) is 9.47. The molecule has 0 spiro atoms. The van der Waals surface area contributed by atoms with Crippen molar-refractivity contribution >= 4 is 32.9 Å². The molecule has 0 radical (unpaired) electrons. The standard InChI is InChI=1S/C9H19Si.Ce.2ClH/c1-5-6-7-8-9-10(2,3)4;;;/h8H,5-7H2,1-4H3;;2*1H. The molecule has 4 heteroatoms. The number of halogens is 2. The molecule has 79 valence electrons. The first-order valence-electron chi connectivity index (χ1n) is 4.40. The molecule has 0 N–H and O–H groups in total. The predicted octanol–water partition coefficient (Wildman–Crippen LogP) is 4.33. The molecule has 0 aliphatic carbocycles.